The molecule has 1 saturated heterocycles. The van der Waals surface area contributed by atoms with E-state index >= 15 is 0 Å². The Bertz CT molecular complexity index is 2060. The molecule has 5 saturated carbocycles. The Balaban J connectivity index is 1.15. The van der Waals surface area contributed by atoms with Crippen LogP contribution in [0, 0.1) is 46.3 Å². The molecule has 0 spiro atoms. The summed E-state index contributed by atoms with van der Waals surface area (Å²) in [5.41, 5.74) is 12.2. The fourth-order valence-electron chi connectivity index (χ4n) is 15.4. The molecule has 0 amide bonds. The maximum atomic E-state index is 11.7. The summed E-state index contributed by atoms with van der Waals surface area (Å²) in [7, 11) is -7.97. The highest BCUT2D eigenvalue weighted by molar-refractivity contribution is 8.03. The van der Waals surface area contributed by atoms with Gasteiger partial charge in [0.2, 0.25) is 0 Å². The molecule has 4 N–H and O–H groups in total. The topological polar surface area (TPSA) is 141 Å². The minimum Gasteiger partial charge on any atom is -0.371 e. The molecule has 8 rings (SSSR count). The summed E-state index contributed by atoms with van der Waals surface area (Å²) in [5, 5.41) is 0.543. The number of allylic oxidation sites excluding steroid dienone is 7. The van der Waals surface area contributed by atoms with Gasteiger partial charge in [0.1, 0.15) is 6.54 Å². The molecule has 360 valence electrons. The van der Waals surface area contributed by atoms with E-state index in [1.807, 2.05) is 0 Å². The van der Waals surface area contributed by atoms with Crippen LogP contribution in [0.3, 0.4) is 0 Å². The largest absolute Gasteiger partial charge is 0.371 e. The molecule has 8 aliphatic rings. The van der Waals surface area contributed by atoms with Gasteiger partial charge in [-0.15, -0.1) is 11.8 Å². The van der Waals surface area contributed by atoms with Crippen molar-refractivity contribution < 1.29 is 30.5 Å². The van der Waals surface area contributed by atoms with Gasteiger partial charge in [0.15, 0.2) is 11.8 Å². The van der Waals surface area contributed by atoms with Crippen LogP contribution in [0.4, 0.5) is 0 Å². The first-order valence-electron chi connectivity index (χ1n) is 26.0. The fourth-order valence-corrected chi connectivity index (χ4v) is 18.1. The van der Waals surface area contributed by atoms with Gasteiger partial charge in [-0.2, -0.15) is 16.8 Å². The monoisotopic (exact) mass is 943 g/mol. The number of fused-ring (bicyclic) bond motifs is 6. The second-order valence-electron chi connectivity index (χ2n) is 22.9. The Labute approximate surface area is 392 Å². The highest BCUT2D eigenvalue weighted by atomic mass is 32.2. The highest BCUT2D eigenvalue weighted by Gasteiger charge is 2.60. The van der Waals surface area contributed by atoms with Gasteiger partial charge < -0.3 is 10.6 Å². The number of hydrogen-bond acceptors (Lipinski definition) is 7. The molecule has 2 aliphatic heterocycles. The summed E-state index contributed by atoms with van der Waals surface area (Å²) in [6.45, 7) is 11.6. The van der Waals surface area contributed by atoms with E-state index in [9.17, 15) is 25.9 Å². The summed E-state index contributed by atoms with van der Waals surface area (Å²) in [6.07, 6.45) is 35.8. The molecule has 8 unspecified atom stereocenters. The number of nitrogens with two attached hydrogens (primary N) is 1. The first-order chi connectivity index (χ1) is 30.4. The molecule has 2 heterocycles. The summed E-state index contributed by atoms with van der Waals surface area (Å²) in [5.74, 6) is 3.95. The van der Waals surface area contributed by atoms with Gasteiger partial charge in [0.05, 0.1) is 16.9 Å². The number of hydrogen-bond donors (Lipinski definition) is 3. The molecule has 0 aromatic carbocycles. The summed E-state index contributed by atoms with van der Waals surface area (Å²) in [4.78, 5) is 4.15. The lowest BCUT2D eigenvalue weighted by atomic mass is 9.57. The summed E-state index contributed by atoms with van der Waals surface area (Å²) < 4.78 is 68.7. The van der Waals surface area contributed by atoms with Crippen LogP contribution in [0.25, 0.3) is 0 Å². The zero-order chi connectivity index (χ0) is 45.4. The van der Waals surface area contributed by atoms with Gasteiger partial charge in [-0.3, -0.25) is 9.11 Å². The van der Waals surface area contributed by atoms with Crippen LogP contribution in [0.2, 0.25) is 0 Å². The minimum absolute atomic E-state index is 0.00300. The van der Waals surface area contributed by atoms with Crippen molar-refractivity contribution in [2.24, 2.45) is 52.1 Å². The molecule has 9 nitrogen and oxygen atoms in total. The van der Waals surface area contributed by atoms with E-state index in [-0.39, 0.29) is 22.3 Å². The molecule has 8 atom stereocenters. The van der Waals surface area contributed by atoms with Crippen LogP contribution in [-0.2, 0) is 20.2 Å². The smallest absolute Gasteiger partial charge is 0.264 e. The van der Waals surface area contributed by atoms with E-state index in [4.69, 9.17) is 5.73 Å². The van der Waals surface area contributed by atoms with Crippen molar-refractivity contribution >= 4 is 37.7 Å². The Morgan fingerprint density at radius 1 is 0.688 bits per heavy atom. The highest BCUT2D eigenvalue weighted by Crippen LogP contribution is 2.60. The zero-order valence-corrected chi connectivity index (χ0v) is 42.3. The van der Waals surface area contributed by atoms with E-state index in [0.717, 1.165) is 94.5 Å². The molecule has 0 radical (unpaired) electrons. The van der Waals surface area contributed by atoms with Crippen molar-refractivity contribution in [1.82, 2.24) is 4.90 Å². The SMILES string of the molecule is CC1(C)C(/C=C/C2=C(SC3CCC(N)CC3)C(=C/C=C3/N(CCCCS(=O)(=O)O)C4CCC5CCCCC5C4C3(C)C)/CCC2)=[N+](CCCCS(=O)(=O)O)C2CCC3CCCCC3C21. The van der Waals surface area contributed by atoms with Crippen molar-refractivity contribution in [3.8, 4) is 0 Å². The van der Waals surface area contributed by atoms with Crippen molar-refractivity contribution in [2.45, 2.75) is 199 Å². The van der Waals surface area contributed by atoms with Crippen molar-refractivity contribution in [2.75, 3.05) is 24.6 Å². The van der Waals surface area contributed by atoms with Crippen LogP contribution in [0.5, 0.6) is 0 Å². The maximum Gasteiger partial charge on any atom is 0.264 e. The number of nitrogens with zero attached hydrogens (tertiary/aromatic N) is 2. The van der Waals surface area contributed by atoms with Crippen molar-refractivity contribution in [1.29, 1.82) is 0 Å². The fraction of sp³-hybridized carbons (Fsp3) is 0.827. The van der Waals surface area contributed by atoms with Crippen molar-refractivity contribution in [3.05, 3.63) is 46.1 Å². The quantitative estimate of drug-likeness (QED) is 0.0831. The summed E-state index contributed by atoms with van der Waals surface area (Å²) >= 11 is 2.11. The molecule has 0 aromatic rings. The van der Waals surface area contributed by atoms with Crippen LogP contribution in [0.1, 0.15) is 175 Å². The Kier molecular flexibility index (Phi) is 15.5. The average molecular weight is 943 g/mol. The number of thioether (sulfide) groups is 1. The lowest BCUT2D eigenvalue weighted by molar-refractivity contribution is -0.569. The van der Waals surface area contributed by atoms with Gasteiger partial charge in [-0.05, 0) is 157 Å². The van der Waals surface area contributed by atoms with Crippen LogP contribution in [0.15, 0.2) is 46.1 Å². The molecule has 0 aromatic heterocycles. The van der Waals surface area contributed by atoms with Gasteiger partial charge >= 0.3 is 0 Å². The third-order valence-corrected chi connectivity index (χ3v) is 21.4. The normalized spacial score (nSPS) is 36.7. The van der Waals surface area contributed by atoms with Gasteiger partial charge in [0, 0.05) is 64.7 Å². The summed E-state index contributed by atoms with van der Waals surface area (Å²) in [6, 6.07) is 1.25. The molecule has 6 aliphatic carbocycles. The maximum absolute atomic E-state index is 11.7. The first-order valence-corrected chi connectivity index (χ1v) is 30.1. The molecule has 64 heavy (non-hydrogen) atoms. The van der Waals surface area contributed by atoms with Gasteiger partial charge in [-0.25, -0.2) is 4.58 Å². The van der Waals surface area contributed by atoms with E-state index < -0.39 is 20.2 Å². The predicted octanol–water partition coefficient (Wildman–Crippen LogP) is 11.1. The second-order valence-corrected chi connectivity index (χ2v) is 27.4. The third kappa shape index (κ3) is 10.9. The molecule has 0 bridgehead atoms. The Morgan fingerprint density at radius 3 is 1.98 bits per heavy atom. The minimum atomic E-state index is -3.98. The third-order valence-electron chi connectivity index (χ3n) is 18.2. The average Bonchev–Trinajstić information content (AvgIpc) is 3.61. The molecule has 6 fully saturated rings. The Morgan fingerprint density at radius 2 is 1.31 bits per heavy atom. The number of unbranched alkanes of at least 4 members (excludes halogenated alkanes) is 2. The lowest BCUT2D eigenvalue weighted by Gasteiger charge is -2.47. The first kappa shape index (κ1) is 49.0. The van der Waals surface area contributed by atoms with Gasteiger partial charge in [-0.1, -0.05) is 64.5 Å². The van der Waals surface area contributed by atoms with Crippen molar-refractivity contribution in [3.63, 3.8) is 0 Å². The zero-order valence-electron chi connectivity index (χ0n) is 39.9. The van der Waals surface area contributed by atoms with E-state index in [1.165, 1.54) is 105 Å². The molecular weight excluding hydrogens is 859 g/mol. The van der Waals surface area contributed by atoms with E-state index in [0.29, 0.717) is 48.1 Å². The van der Waals surface area contributed by atoms with E-state index in [1.54, 1.807) is 0 Å². The molecular formula is C52H84N3O6S3+. The van der Waals surface area contributed by atoms with Gasteiger partial charge in [0.25, 0.3) is 20.2 Å². The lowest BCUT2D eigenvalue weighted by Crippen LogP contribution is -2.46. The Hall–Kier alpha value is -1.44. The van der Waals surface area contributed by atoms with E-state index in [2.05, 4.69) is 73.2 Å². The predicted molar refractivity (Wildman–Crippen MR) is 264 cm³/mol. The van der Waals surface area contributed by atoms with Crippen LogP contribution < -0.4 is 5.73 Å². The standard InChI is InChI=1S/C52H83N3O6S3/c1-51(2)46(54(32-9-11-34-63(56,57)58)44-28-20-36-14-5-7-18-42(36)48(44)51)30-22-38-16-13-17-39(50(38)62-41-26-24-40(53)25-27-41)23-31-47-52(3,4)49-43-19-8-6-15-37(43)21-29-45(49)55(47)33-10-12-35-64(59,60)61/h22-23,30-31,36-37,40-45,48-49H,5-21,24-29,32-35,53H2,1-4H3,(H-,56,57,58,59,60,61)/p+1. The number of likely N-dealkylation sites (tertiary alicyclic amines) is 1. The second kappa shape index (κ2) is 20.3. The van der Waals surface area contributed by atoms with Crippen LogP contribution >= 0.6 is 11.8 Å². The number of rotatable bonds is 15. The van der Waals surface area contributed by atoms with Crippen LogP contribution in [-0.4, -0.2) is 89.1 Å². The molecule has 12 heteroatoms.